The van der Waals surface area contributed by atoms with Crippen LogP contribution in [0.15, 0.2) is 60.8 Å². The molecule has 0 saturated carbocycles. The molecular weight excluding hydrogens is 923 g/mol. The number of ether oxygens (including phenoxy) is 1. The molecule has 0 bridgehead atoms. The van der Waals surface area contributed by atoms with Gasteiger partial charge in [0, 0.05) is 12.8 Å². The summed E-state index contributed by atoms with van der Waals surface area (Å²) in [4.78, 5) is 24.6. The second-order valence-electron chi connectivity index (χ2n) is 22.5. The molecule has 0 heterocycles. The third-order valence-corrected chi connectivity index (χ3v) is 15.0. The summed E-state index contributed by atoms with van der Waals surface area (Å²) >= 11 is 0. The van der Waals surface area contributed by atoms with Gasteiger partial charge in [-0.15, -0.1) is 0 Å². The Morgan fingerprint density at radius 1 is 0.387 bits per heavy atom. The average molecular weight is 1050 g/mol. The predicted molar refractivity (Wildman–Crippen MR) is 328 cm³/mol. The first-order valence-electron chi connectivity index (χ1n) is 33.1. The zero-order chi connectivity index (χ0) is 54.3. The lowest BCUT2D eigenvalue weighted by molar-refractivity contribution is -0.143. The molecule has 0 aliphatic heterocycles. The standard InChI is InChI=1S/C69H127NO5/c1-3-5-7-9-11-13-15-17-19-21-22-23-24-25-27-30-33-37-41-45-49-53-57-61-67(72)66(65-71)70-68(73)62-58-54-50-46-42-38-34-31-28-26-29-32-36-40-44-48-52-56-60-64-75-69(74)63-59-55-51-47-43-39-35-20-18-16-14-12-10-8-6-4-2/h14,16,20,32,35-36,40,44,57,61,66-67,71-72H,3-13,15,17-19,21-31,33-34,37-39,41-43,45-56,58-60,62-65H2,1-2H3,(H,70,73)/b16-14-,35-20-,36-32-,44-40-,61-57+. The molecule has 2 atom stereocenters. The SMILES string of the molecule is CCCCCC/C=C\C/C=C\CCCCCCCC(=O)OCCCCC/C=C\C=C/CCCCCCCCCCCCC(=O)NC(CO)C(O)/C=C/CCCCCCCCCCCCCCCCCCCCCCC. The van der Waals surface area contributed by atoms with E-state index in [0.29, 0.717) is 19.4 Å². The van der Waals surface area contributed by atoms with E-state index in [9.17, 15) is 19.8 Å². The Hall–Kier alpha value is -2.44. The fourth-order valence-corrected chi connectivity index (χ4v) is 9.95. The van der Waals surface area contributed by atoms with Crippen molar-refractivity contribution >= 4 is 11.9 Å². The molecule has 438 valence electrons. The van der Waals surface area contributed by atoms with E-state index in [4.69, 9.17) is 4.74 Å². The Bertz CT molecular complexity index is 1300. The quantitative estimate of drug-likeness (QED) is 0.0244. The van der Waals surface area contributed by atoms with Gasteiger partial charge in [0.2, 0.25) is 5.91 Å². The van der Waals surface area contributed by atoms with Gasteiger partial charge in [0.15, 0.2) is 0 Å². The van der Waals surface area contributed by atoms with Gasteiger partial charge in [-0.3, -0.25) is 9.59 Å². The Labute approximate surface area is 467 Å². The van der Waals surface area contributed by atoms with Gasteiger partial charge >= 0.3 is 5.97 Å². The first-order valence-corrected chi connectivity index (χ1v) is 33.1. The van der Waals surface area contributed by atoms with Crippen LogP contribution in [0.1, 0.15) is 341 Å². The van der Waals surface area contributed by atoms with E-state index in [1.807, 2.05) is 6.08 Å². The highest BCUT2D eigenvalue weighted by molar-refractivity contribution is 5.76. The molecule has 0 fully saturated rings. The van der Waals surface area contributed by atoms with Gasteiger partial charge in [-0.25, -0.2) is 0 Å². The molecule has 0 saturated heterocycles. The number of nitrogens with one attached hydrogen (secondary N) is 1. The van der Waals surface area contributed by atoms with E-state index in [1.54, 1.807) is 6.08 Å². The number of aliphatic hydroxyl groups excluding tert-OH is 2. The Morgan fingerprint density at radius 2 is 0.707 bits per heavy atom. The zero-order valence-electron chi connectivity index (χ0n) is 50.0. The molecule has 0 radical (unpaired) electrons. The molecule has 1 amide bonds. The molecule has 0 aliphatic carbocycles. The van der Waals surface area contributed by atoms with Crippen LogP contribution in [0.4, 0.5) is 0 Å². The molecule has 0 aliphatic rings. The summed E-state index contributed by atoms with van der Waals surface area (Å²) in [5.74, 6) is -0.104. The monoisotopic (exact) mass is 1050 g/mol. The van der Waals surface area contributed by atoms with Gasteiger partial charge in [-0.1, -0.05) is 293 Å². The van der Waals surface area contributed by atoms with Crippen molar-refractivity contribution in [3.05, 3.63) is 60.8 Å². The molecule has 2 unspecified atom stereocenters. The summed E-state index contributed by atoms with van der Waals surface area (Å²) in [5, 5.41) is 23.2. The minimum atomic E-state index is -0.854. The minimum Gasteiger partial charge on any atom is -0.466 e. The van der Waals surface area contributed by atoms with Crippen LogP contribution in [0, 0.1) is 0 Å². The van der Waals surface area contributed by atoms with E-state index in [-0.39, 0.29) is 18.5 Å². The highest BCUT2D eigenvalue weighted by atomic mass is 16.5. The number of rotatable bonds is 61. The molecule has 75 heavy (non-hydrogen) atoms. The van der Waals surface area contributed by atoms with E-state index in [2.05, 4.69) is 67.8 Å². The van der Waals surface area contributed by atoms with Crippen LogP contribution >= 0.6 is 0 Å². The molecule has 0 aromatic rings. The van der Waals surface area contributed by atoms with Crippen molar-refractivity contribution in [1.82, 2.24) is 5.32 Å². The summed E-state index contributed by atoms with van der Waals surface area (Å²) in [6.07, 6.45) is 84.1. The van der Waals surface area contributed by atoms with Crippen LogP contribution in [-0.2, 0) is 14.3 Å². The van der Waals surface area contributed by atoms with Crippen LogP contribution in [0.3, 0.4) is 0 Å². The van der Waals surface area contributed by atoms with Crippen molar-refractivity contribution in [1.29, 1.82) is 0 Å². The number of carbonyl (C=O) groups is 2. The number of carbonyl (C=O) groups excluding carboxylic acids is 2. The van der Waals surface area contributed by atoms with Crippen molar-refractivity contribution in [2.24, 2.45) is 0 Å². The van der Waals surface area contributed by atoms with E-state index in [0.717, 1.165) is 89.9 Å². The van der Waals surface area contributed by atoms with E-state index >= 15 is 0 Å². The topological polar surface area (TPSA) is 95.9 Å². The lowest BCUT2D eigenvalue weighted by Gasteiger charge is -2.20. The van der Waals surface area contributed by atoms with Crippen LogP contribution in [0.5, 0.6) is 0 Å². The maximum absolute atomic E-state index is 12.5. The molecule has 0 rings (SSSR count). The highest BCUT2D eigenvalue weighted by Crippen LogP contribution is 2.17. The van der Waals surface area contributed by atoms with Crippen molar-refractivity contribution in [2.75, 3.05) is 13.2 Å². The van der Waals surface area contributed by atoms with Crippen molar-refractivity contribution in [2.45, 2.75) is 353 Å². The van der Waals surface area contributed by atoms with Gasteiger partial charge < -0.3 is 20.3 Å². The number of hydrogen-bond acceptors (Lipinski definition) is 5. The summed E-state index contributed by atoms with van der Waals surface area (Å²) in [6, 6.07) is -0.639. The maximum Gasteiger partial charge on any atom is 0.305 e. The summed E-state index contributed by atoms with van der Waals surface area (Å²) < 4.78 is 5.45. The molecule has 3 N–H and O–H groups in total. The van der Waals surface area contributed by atoms with Crippen LogP contribution < -0.4 is 5.32 Å². The van der Waals surface area contributed by atoms with Crippen LogP contribution in [0.25, 0.3) is 0 Å². The fourth-order valence-electron chi connectivity index (χ4n) is 9.95. The van der Waals surface area contributed by atoms with Crippen LogP contribution in [-0.4, -0.2) is 47.4 Å². The smallest absolute Gasteiger partial charge is 0.305 e. The maximum atomic E-state index is 12.5. The number of allylic oxidation sites excluding steroid dienone is 9. The fraction of sp³-hybridized carbons (Fsp3) is 0.826. The van der Waals surface area contributed by atoms with Crippen LogP contribution in [0.2, 0.25) is 0 Å². The van der Waals surface area contributed by atoms with Gasteiger partial charge in [0.1, 0.15) is 0 Å². The first kappa shape index (κ1) is 72.6. The van der Waals surface area contributed by atoms with Gasteiger partial charge in [-0.05, 0) is 96.3 Å². The lowest BCUT2D eigenvalue weighted by atomic mass is 10.0. The van der Waals surface area contributed by atoms with Gasteiger partial charge in [-0.2, -0.15) is 0 Å². The predicted octanol–water partition coefficient (Wildman–Crippen LogP) is 21.1. The second-order valence-corrected chi connectivity index (χ2v) is 22.5. The molecule has 6 heteroatoms. The normalized spacial score (nSPS) is 13.0. The largest absolute Gasteiger partial charge is 0.466 e. The molecule has 0 aromatic heterocycles. The third kappa shape index (κ3) is 60.6. The number of esters is 1. The number of hydrogen-bond donors (Lipinski definition) is 3. The van der Waals surface area contributed by atoms with Crippen molar-refractivity contribution < 1.29 is 24.5 Å². The number of unbranched alkanes of at least 4 members (excludes halogenated alkanes) is 43. The number of amides is 1. The third-order valence-electron chi connectivity index (χ3n) is 15.0. The van der Waals surface area contributed by atoms with Gasteiger partial charge in [0.25, 0.3) is 0 Å². The Morgan fingerprint density at radius 3 is 1.11 bits per heavy atom. The van der Waals surface area contributed by atoms with E-state index in [1.165, 1.54) is 225 Å². The number of aliphatic hydroxyl groups is 2. The Kier molecular flexibility index (Phi) is 62.0. The summed E-state index contributed by atoms with van der Waals surface area (Å²) in [7, 11) is 0. The summed E-state index contributed by atoms with van der Waals surface area (Å²) in [6.45, 7) is 4.86. The molecule has 6 nitrogen and oxygen atoms in total. The minimum absolute atomic E-state index is 0.0277. The second kappa shape index (κ2) is 64.1. The highest BCUT2D eigenvalue weighted by Gasteiger charge is 2.18. The Balaban J connectivity index is 3.51. The van der Waals surface area contributed by atoms with E-state index < -0.39 is 12.1 Å². The zero-order valence-corrected chi connectivity index (χ0v) is 50.0. The first-order chi connectivity index (χ1) is 37.0. The molecule has 0 aromatic carbocycles. The lowest BCUT2D eigenvalue weighted by Crippen LogP contribution is -2.45. The van der Waals surface area contributed by atoms with Gasteiger partial charge in [0.05, 0.1) is 25.4 Å². The van der Waals surface area contributed by atoms with Crippen molar-refractivity contribution in [3.8, 4) is 0 Å². The molecular formula is C69H127NO5. The molecule has 0 spiro atoms. The average Bonchev–Trinajstić information content (AvgIpc) is 3.41. The summed E-state index contributed by atoms with van der Waals surface area (Å²) in [5.41, 5.74) is 0. The van der Waals surface area contributed by atoms with Crippen molar-refractivity contribution in [3.63, 3.8) is 0 Å².